The molecule has 0 aliphatic rings. The lowest BCUT2D eigenvalue weighted by Gasteiger charge is -2.50. The SMILES string of the molecule is CC(C)CC(N)([Si](C)(C)C)[Si](C)(C)C. The van der Waals surface area contributed by atoms with Crippen LogP contribution in [0, 0.1) is 5.92 Å². The molecular formula is C11H29NSi2. The fourth-order valence-corrected chi connectivity index (χ4v) is 13.4. The first-order valence-electron chi connectivity index (χ1n) is 5.71. The zero-order chi connectivity index (χ0) is 11.8. The van der Waals surface area contributed by atoms with Crippen LogP contribution in [0.5, 0.6) is 0 Å². The van der Waals surface area contributed by atoms with Crippen molar-refractivity contribution < 1.29 is 0 Å². The van der Waals surface area contributed by atoms with Crippen LogP contribution in [0.15, 0.2) is 0 Å². The lowest BCUT2D eigenvalue weighted by molar-refractivity contribution is 0.517. The first-order chi connectivity index (χ1) is 5.92. The molecule has 0 amide bonds. The largest absolute Gasteiger partial charge is 0.330 e. The predicted molar refractivity (Wildman–Crippen MR) is 73.1 cm³/mol. The summed E-state index contributed by atoms with van der Waals surface area (Å²) in [6.07, 6.45) is 1.21. The first-order valence-corrected chi connectivity index (χ1v) is 12.7. The summed E-state index contributed by atoms with van der Waals surface area (Å²) in [4.78, 5) is 0.175. The van der Waals surface area contributed by atoms with Gasteiger partial charge in [-0.2, -0.15) is 0 Å². The molecule has 0 aromatic heterocycles. The van der Waals surface area contributed by atoms with Gasteiger partial charge in [0.25, 0.3) is 0 Å². The highest BCUT2D eigenvalue weighted by Gasteiger charge is 2.49. The summed E-state index contributed by atoms with van der Waals surface area (Å²) in [6, 6.07) is 0. The monoisotopic (exact) mass is 231 g/mol. The molecule has 1 nitrogen and oxygen atoms in total. The van der Waals surface area contributed by atoms with E-state index in [0.717, 1.165) is 5.92 Å². The minimum atomic E-state index is -1.27. The summed E-state index contributed by atoms with van der Waals surface area (Å²) < 4.78 is 0. The number of hydrogen-bond donors (Lipinski definition) is 1. The second-order valence-electron chi connectivity index (χ2n) is 7.07. The lowest BCUT2D eigenvalue weighted by atomic mass is 10.1. The number of hydrogen-bond acceptors (Lipinski definition) is 1. The van der Waals surface area contributed by atoms with E-state index in [1.54, 1.807) is 0 Å². The fraction of sp³-hybridized carbons (Fsp3) is 1.00. The standard InChI is InChI=1S/C11H29NSi2/c1-10(2)9-11(12,13(3,4)5)14(6,7)8/h10H,9,12H2,1-8H3. The van der Waals surface area contributed by atoms with Crippen molar-refractivity contribution in [2.45, 2.75) is 64.3 Å². The van der Waals surface area contributed by atoms with Crippen molar-refractivity contribution in [2.24, 2.45) is 11.7 Å². The normalized spacial score (nSPS) is 15.0. The molecule has 2 N–H and O–H groups in total. The Kier molecular flexibility index (Phi) is 4.22. The van der Waals surface area contributed by atoms with Gasteiger partial charge in [0.2, 0.25) is 0 Å². The molecule has 0 bridgehead atoms. The highest BCUT2D eigenvalue weighted by atomic mass is 28.4. The van der Waals surface area contributed by atoms with Gasteiger partial charge in [0.15, 0.2) is 0 Å². The van der Waals surface area contributed by atoms with E-state index >= 15 is 0 Å². The zero-order valence-corrected chi connectivity index (χ0v) is 13.4. The van der Waals surface area contributed by atoms with Crippen molar-refractivity contribution in [1.82, 2.24) is 0 Å². The summed E-state index contributed by atoms with van der Waals surface area (Å²) in [6.45, 7) is 19.1. The van der Waals surface area contributed by atoms with Gasteiger partial charge in [0, 0.05) is 4.79 Å². The van der Waals surface area contributed by atoms with Crippen molar-refractivity contribution in [1.29, 1.82) is 0 Å². The van der Waals surface area contributed by atoms with E-state index in [1.165, 1.54) is 6.42 Å². The van der Waals surface area contributed by atoms with E-state index in [9.17, 15) is 0 Å². The molecule has 0 aliphatic carbocycles. The van der Waals surface area contributed by atoms with E-state index in [0.29, 0.717) is 0 Å². The molecule has 3 heteroatoms. The third-order valence-corrected chi connectivity index (χ3v) is 13.7. The zero-order valence-electron chi connectivity index (χ0n) is 11.4. The Bertz CT molecular complexity index is 172. The van der Waals surface area contributed by atoms with E-state index < -0.39 is 16.1 Å². The molecule has 0 saturated heterocycles. The van der Waals surface area contributed by atoms with Crippen LogP contribution in [0.2, 0.25) is 39.3 Å². The van der Waals surface area contributed by atoms with Crippen LogP contribution in [-0.2, 0) is 0 Å². The van der Waals surface area contributed by atoms with Gasteiger partial charge in [0.05, 0.1) is 16.1 Å². The van der Waals surface area contributed by atoms with Crippen molar-refractivity contribution in [2.75, 3.05) is 0 Å². The minimum absolute atomic E-state index is 0.175. The molecule has 0 radical (unpaired) electrons. The molecule has 0 unspecified atom stereocenters. The molecule has 0 rings (SSSR count). The van der Waals surface area contributed by atoms with Gasteiger partial charge in [-0.05, 0) is 12.3 Å². The van der Waals surface area contributed by atoms with Crippen molar-refractivity contribution in [3.8, 4) is 0 Å². The Balaban J connectivity index is 5.07. The first kappa shape index (κ1) is 14.4. The van der Waals surface area contributed by atoms with Gasteiger partial charge in [-0.1, -0.05) is 53.1 Å². The second-order valence-corrected chi connectivity index (χ2v) is 18.4. The van der Waals surface area contributed by atoms with Gasteiger partial charge >= 0.3 is 0 Å². The lowest BCUT2D eigenvalue weighted by Crippen LogP contribution is -2.72. The molecule has 0 heterocycles. The smallest absolute Gasteiger partial charge is 0.0634 e. The fourth-order valence-electron chi connectivity index (χ4n) is 2.38. The van der Waals surface area contributed by atoms with E-state index in [2.05, 4.69) is 53.1 Å². The van der Waals surface area contributed by atoms with Crippen LogP contribution in [0.1, 0.15) is 20.3 Å². The third kappa shape index (κ3) is 2.94. The van der Waals surface area contributed by atoms with Crippen molar-refractivity contribution in [3.05, 3.63) is 0 Å². The molecule has 0 atom stereocenters. The number of nitrogens with two attached hydrogens (primary N) is 1. The van der Waals surface area contributed by atoms with Crippen LogP contribution >= 0.6 is 0 Å². The Labute approximate surface area is 92.5 Å². The summed E-state index contributed by atoms with van der Waals surface area (Å²) in [5.74, 6) is 0.721. The molecule has 14 heavy (non-hydrogen) atoms. The van der Waals surface area contributed by atoms with Crippen LogP contribution in [-0.4, -0.2) is 20.9 Å². The molecule has 0 aliphatic heterocycles. The molecule has 0 fully saturated rings. The maximum absolute atomic E-state index is 6.78. The van der Waals surface area contributed by atoms with Gasteiger partial charge < -0.3 is 5.73 Å². The van der Waals surface area contributed by atoms with Gasteiger partial charge in [-0.3, -0.25) is 0 Å². The average Bonchev–Trinajstić information content (AvgIpc) is 1.79. The topological polar surface area (TPSA) is 26.0 Å². The summed E-state index contributed by atoms with van der Waals surface area (Å²) in [5, 5.41) is 0. The Morgan fingerprint density at radius 3 is 1.29 bits per heavy atom. The van der Waals surface area contributed by atoms with Crippen molar-refractivity contribution in [3.63, 3.8) is 0 Å². The Hall–Kier alpha value is 0.394. The Morgan fingerprint density at radius 2 is 1.21 bits per heavy atom. The van der Waals surface area contributed by atoms with Crippen LogP contribution in [0.3, 0.4) is 0 Å². The molecule has 0 spiro atoms. The van der Waals surface area contributed by atoms with Gasteiger partial charge in [0.1, 0.15) is 0 Å². The Morgan fingerprint density at radius 1 is 0.929 bits per heavy atom. The molecule has 0 saturated carbocycles. The molecular weight excluding hydrogens is 202 g/mol. The molecule has 0 aromatic carbocycles. The number of rotatable bonds is 4. The van der Waals surface area contributed by atoms with Crippen LogP contribution < -0.4 is 5.73 Å². The quantitative estimate of drug-likeness (QED) is 0.737. The average molecular weight is 232 g/mol. The molecule has 0 aromatic rings. The second kappa shape index (κ2) is 4.10. The van der Waals surface area contributed by atoms with E-state index in [1.807, 2.05) is 0 Å². The predicted octanol–water partition coefficient (Wildman–Crippen LogP) is 3.48. The maximum atomic E-state index is 6.78. The minimum Gasteiger partial charge on any atom is -0.330 e. The molecule has 86 valence electrons. The van der Waals surface area contributed by atoms with Gasteiger partial charge in [-0.15, -0.1) is 0 Å². The van der Waals surface area contributed by atoms with E-state index in [4.69, 9.17) is 5.73 Å². The highest BCUT2D eigenvalue weighted by Crippen LogP contribution is 2.33. The van der Waals surface area contributed by atoms with Crippen molar-refractivity contribution >= 4 is 16.1 Å². The van der Waals surface area contributed by atoms with Gasteiger partial charge in [-0.25, -0.2) is 0 Å². The highest BCUT2D eigenvalue weighted by molar-refractivity contribution is 6.98. The van der Waals surface area contributed by atoms with Crippen LogP contribution in [0.25, 0.3) is 0 Å². The maximum Gasteiger partial charge on any atom is 0.0634 e. The summed E-state index contributed by atoms with van der Waals surface area (Å²) >= 11 is 0. The summed E-state index contributed by atoms with van der Waals surface area (Å²) in [5.41, 5.74) is 6.78. The third-order valence-electron chi connectivity index (χ3n) is 3.41. The summed E-state index contributed by atoms with van der Waals surface area (Å²) in [7, 11) is -2.54. The van der Waals surface area contributed by atoms with Crippen LogP contribution in [0.4, 0.5) is 0 Å². The van der Waals surface area contributed by atoms with E-state index in [-0.39, 0.29) is 4.79 Å².